The lowest BCUT2D eigenvalue weighted by Gasteiger charge is -2.45. The minimum absolute atomic E-state index is 0.0101. The van der Waals surface area contributed by atoms with E-state index < -0.39 is 5.60 Å². The number of rotatable bonds is 5. The molecule has 2 aliphatic rings. The molecule has 5 rings (SSSR count). The van der Waals surface area contributed by atoms with Crippen molar-refractivity contribution in [3.63, 3.8) is 0 Å². The minimum Gasteiger partial charge on any atom is -0.496 e. The van der Waals surface area contributed by atoms with Gasteiger partial charge < -0.3 is 19.7 Å². The quantitative estimate of drug-likeness (QED) is 0.610. The van der Waals surface area contributed by atoms with E-state index in [0.29, 0.717) is 25.1 Å². The molecule has 1 aromatic heterocycles. The summed E-state index contributed by atoms with van der Waals surface area (Å²) in [6.45, 7) is 2.20. The van der Waals surface area contributed by atoms with Gasteiger partial charge in [0.05, 0.1) is 30.5 Å². The number of hydrogen-bond acceptors (Lipinski definition) is 5. The van der Waals surface area contributed by atoms with Crippen molar-refractivity contribution < 1.29 is 14.6 Å². The molecular weight excluding hydrogens is 414 g/mol. The highest BCUT2D eigenvalue weighted by Crippen LogP contribution is 2.55. The third kappa shape index (κ3) is 3.39. The third-order valence-corrected chi connectivity index (χ3v) is 7.72. The standard InChI is InChI=1S/C27H29N3O3/c1-17(31)26-20-13-18(11-12-28)14-27(32,21-8-4-6-10-25(21)33-2)22(20)16-30(26)24-15-29-23-9-5-3-7-19(23)24/h3-10,15,18,20,22,26,29,32H,11,13-14,16H2,1-2H3/t18-,20-,22-,26?,27-/m1/s1. The first-order valence-electron chi connectivity index (χ1n) is 11.5. The number of carbonyl (C=O) groups is 1. The number of hydrogen-bond donors (Lipinski definition) is 2. The second-order valence-corrected chi connectivity index (χ2v) is 9.49. The Hall–Kier alpha value is -3.30. The molecule has 5 atom stereocenters. The minimum atomic E-state index is -1.19. The Kier molecular flexibility index (Phi) is 5.38. The molecule has 0 amide bonds. The van der Waals surface area contributed by atoms with Crippen LogP contribution in [0.15, 0.2) is 54.7 Å². The number of nitrogens with zero attached hydrogens (tertiary/aromatic N) is 2. The average Bonchev–Trinajstić information content (AvgIpc) is 3.41. The first kappa shape index (κ1) is 21.5. The van der Waals surface area contributed by atoms with Gasteiger partial charge in [-0.3, -0.25) is 4.79 Å². The smallest absolute Gasteiger partial charge is 0.152 e. The Morgan fingerprint density at radius 1 is 1.27 bits per heavy atom. The molecule has 1 aliphatic carbocycles. The zero-order chi connectivity index (χ0) is 23.2. The van der Waals surface area contributed by atoms with Gasteiger partial charge in [-0.15, -0.1) is 0 Å². The van der Waals surface area contributed by atoms with Crippen LogP contribution in [0, 0.1) is 29.1 Å². The van der Waals surface area contributed by atoms with Crippen molar-refractivity contribution in [3.8, 4) is 11.8 Å². The number of nitriles is 1. The van der Waals surface area contributed by atoms with Gasteiger partial charge in [-0.1, -0.05) is 36.4 Å². The van der Waals surface area contributed by atoms with Crippen LogP contribution in [-0.2, 0) is 10.4 Å². The fourth-order valence-corrected chi connectivity index (χ4v) is 6.43. The fourth-order valence-electron chi connectivity index (χ4n) is 6.43. The summed E-state index contributed by atoms with van der Waals surface area (Å²) in [5, 5.41) is 22.8. The van der Waals surface area contributed by atoms with Crippen LogP contribution in [0.2, 0.25) is 0 Å². The van der Waals surface area contributed by atoms with Crippen LogP contribution in [0.1, 0.15) is 31.7 Å². The summed E-state index contributed by atoms with van der Waals surface area (Å²) >= 11 is 0. The highest BCUT2D eigenvalue weighted by Gasteiger charge is 2.58. The van der Waals surface area contributed by atoms with Crippen LogP contribution >= 0.6 is 0 Å². The van der Waals surface area contributed by atoms with Gasteiger partial charge in [-0.05, 0) is 43.7 Å². The predicted octanol–water partition coefficient (Wildman–Crippen LogP) is 4.40. The first-order chi connectivity index (χ1) is 16.0. The maximum absolute atomic E-state index is 13.1. The molecule has 1 saturated heterocycles. The number of aliphatic hydroxyl groups is 1. The number of ketones is 1. The maximum atomic E-state index is 13.1. The zero-order valence-electron chi connectivity index (χ0n) is 19.0. The molecule has 2 aromatic carbocycles. The first-order valence-corrected chi connectivity index (χ1v) is 11.5. The summed E-state index contributed by atoms with van der Waals surface area (Å²) in [4.78, 5) is 18.6. The number of aromatic nitrogens is 1. The van der Waals surface area contributed by atoms with Crippen molar-refractivity contribution in [1.82, 2.24) is 4.98 Å². The van der Waals surface area contributed by atoms with Crippen LogP contribution in [0.3, 0.4) is 0 Å². The molecule has 1 saturated carbocycles. The Balaban J connectivity index is 1.64. The van der Waals surface area contributed by atoms with Gasteiger partial charge in [0, 0.05) is 41.5 Å². The Morgan fingerprint density at radius 2 is 2.03 bits per heavy atom. The van der Waals surface area contributed by atoms with Crippen LogP contribution in [-0.4, -0.2) is 35.6 Å². The van der Waals surface area contributed by atoms with E-state index in [4.69, 9.17) is 4.74 Å². The lowest BCUT2D eigenvalue weighted by atomic mass is 9.61. The van der Waals surface area contributed by atoms with E-state index >= 15 is 0 Å². The van der Waals surface area contributed by atoms with Crippen molar-refractivity contribution in [2.24, 2.45) is 17.8 Å². The fraction of sp³-hybridized carbons (Fsp3) is 0.407. The molecule has 6 heteroatoms. The number of H-pyrrole nitrogens is 1. The van der Waals surface area contributed by atoms with Crippen molar-refractivity contribution in [3.05, 3.63) is 60.3 Å². The van der Waals surface area contributed by atoms with E-state index in [1.807, 2.05) is 48.7 Å². The summed E-state index contributed by atoms with van der Waals surface area (Å²) in [5.41, 5.74) is 1.56. The Labute approximate surface area is 193 Å². The topological polar surface area (TPSA) is 89.3 Å². The van der Waals surface area contributed by atoms with Crippen molar-refractivity contribution in [2.45, 2.75) is 37.8 Å². The molecule has 2 N–H and O–H groups in total. The molecular formula is C27H29N3O3. The van der Waals surface area contributed by atoms with Gasteiger partial charge in [0.15, 0.2) is 5.78 Å². The second kappa shape index (κ2) is 8.24. The highest BCUT2D eigenvalue weighted by atomic mass is 16.5. The monoisotopic (exact) mass is 443 g/mol. The second-order valence-electron chi connectivity index (χ2n) is 9.49. The van der Waals surface area contributed by atoms with Crippen LogP contribution in [0.5, 0.6) is 5.75 Å². The number of benzene rings is 2. The number of para-hydroxylation sites is 2. The van der Waals surface area contributed by atoms with Crippen molar-refractivity contribution in [2.75, 3.05) is 18.6 Å². The summed E-state index contributed by atoms with van der Waals surface area (Å²) in [6.07, 6.45) is 3.55. The van der Waals surface area contributed by atoms with E-state index in [0.717, 1.165) is 28.6 Å². The molecule has 170 valence electrons. The van der Waals surface area contributed by atoms with Crippen LogP contribution in [0.4, 0.5) is 5.69 Å². The molecule has 2 fully saturated rings. The summed E-state index contributed by atoms with van der Waals surface area (Å²) in [7, 11) is 1.61. The molecule has 0 bridgehead atoms. The Bertz CT molecular complexity index is 1230. The SMILES string of the molecule is COc1ccccc1[C@]1(O)C[C@H](CC#N)C[C@H]2C(C(C)=O)N(c3c[nH]c4ccccc34)C[C@H]21. The summed E-state index contributed by atoms with van der Waals surface area (Å²) in [5.74, 6) is 0.523. The number of ether oxygens (including phenoxy) is 1. The van der Waals surface area contributed by atoms with Crippen LogP contribution in [0.25, 0.3) is 10.9 Å². The Morgan fingerprint density at radius 3 is 2.79 bits per heavy atom. The molecule has 2 heterocycles. The molecule has 1 unspecified atom stereocenters. The molecule has 1 aliphatic heterocycles. The number of aromatic amines is 1. The number of methoxy groups -OCH3 is 1. The predicted molar refractivity (Wildman–Crippen MR) is 127 cm³/mol. The zero-order valence-corrected chi connectivity index (χ0v) is 19.0. The third-order valence-electron chi connectivity index (χ3n) is 7.72. The molecule has 3 aromatic rings. The summed E-state index contributed by atoms with van der Waals surface area (Å²) < 4.78 is 5.63. The van der Waals surface area contributed by atoms with Crippen LogP contribution < -0.4 is 9.64 Å². The number of anilines is 1. The molecule has 6 nitrogen and oxygen atoms in total. The maximum Gasteiger partial charge on any atom is 0.152 e. The number of Topliss-reactive ketones (excluding diaryl/α,β-unsaturated/α-hetero) is 1. The number of carbonyl (C=O) groups excluding carboxylic acids is 1. The van der Waals surface area contributed by atoms with Crippen molar-refractivity contribution in [1.29, 1.82) is 5.26 Å². The lowest BCUT2D eigenvalue weighted by molar-refractivity contribution is -0.122. The van der Waals surface area contributed by atoms with E-state index in [9.17, 15) is 15.2 Å². The van der Waals surface area contributed by atoms with Gasteiger partial charge in [-0.2, -0.15) is 5.26 Å². The molecule has 33 heavy (non-hydrogen) atoms. The van der Waals surface area contributed by atoms with Gasteiger partial charge >= 0.3 is 0 Å². The normalized spacial score (nSPS) is 29.0. The molecule has 0 radical (unpaired) electrons. The van der Waals surface area contributed by atoms with Gasteiger partial charge in [-0.25, -0.2) is 0 Å². The van der Waals surface area contributed by atoms with Gasteiger partial charge in [0.2, 0.25) is 0 Å². The molecule has 0 spiro atoms. The lowest BCUT2D eigenvalue weighted by Crippen LogP contribution is -2.47. The van der Waals surface area contributed by atoms with Gasteiger partial charge in [0.25, 0.3) is 0 Å². The number of fused-ring (bicyclic) bond motifs is 2. The number of nitrogens with one attached hydrogen (secondary N) is 1. The van der Waals surface area contributed by atoms with Gasteiger partial charge in [0.1, 0.15) is 5.75 Å². The van der Waals surface area contributed by atoms with E-state index in [1.165, 1.54) is 0 Å². The van der Waals surface area contributed by atoms with E-state index in [2.05, 4.69) is 22.0 Å². The van der Waals surface area contributed by atoms with E-state index in [1.54, 1.807) is 14.0 Å². The van der Waals surface area contributed by atoms with Crippen molar-refractivity contribution >= 4 is 22.4 Å². The average molecular weight is 444 g/mol. The summed E-state index contributed by atoms with van der Waals surface area (Å²) in [6, 6.07) is 17.6. The highest BCUT2D eigenvalue weighted by molar-refractivity contribution is 5.96. The van der Waals surface area contributed by atoms with E-state index in [-0.39, 0.29) is 29.6 Å². The largest absolute Gasteiger partial charge is 0.496 e.